The second-order valence-corrected chi connectivity index (χ2v) is 4.09. The summed E-state index contributed by atoms with van der Waals surface area (Å²) < 4.78 is 11.1. The Hall–Kier alpha value is -2.43. The van der Waals surface area contributed by atoms with E-state index < -0.39 is 0 Å². The number of rotatable bonds is 6. The van der Waals surface area contributed by atoms with Gasteiger partial charge in [0, 0.05) is 18.0 Å². The molecule has 0 amide bonds. The molecule has 0 aliphatic heterocycles. The summed E-state index contributed by atoms with van der Waals surface area (Å²) in [5.41, 5.74) is 7.31. The molecule has 0 bridgehead atoms. The lowest BCUT2D eigenvalue weighted by Gasteiger charge is -2.13. The predicted molar refractivity (Wildman–Crippen MR) is 80.7 cm³/mol. The Kier molecular flexibility index (Phi) is 4.65. The summed E-state index contributed by atoms with van der Waals surface area (Å²) in [6, 6.07) is 9.25. The number of ether oxygens (including phenoxy) is 2. The van der Waals surface area contributed by atoms with E-state index in [-0.39, 0.29) is 0 Å². The van der Waals surface area contributed by atoms with Crippen molar-refractivity contribution in [3.05, 3.63) is 36.5 Å². The topological polar surface area (TPSA) is 69.4 Å². The van der Waals surface area contributed by atoms with Crippen molar-refractivity contribution in [1.82, 2.24) is 4.98 Å². The first-order valence-corrected chi connectivity index (χ1v) is 6.61. The first-order valence-electron chi connectivity index (χ1n) is 6.61. The SMILES string of the molecule is CCOc1ccc(Nc2ncccc2N)cc1OCC. The highest BCUT2D eigenvalue weighted by atomic mass is 16.5. The molecule has 1 heterocycles. The first-order chi connectivity index (χ1) is 9.74. The van der Waals surface area contributed by atoms with Gasteiger partial charge in [0.05, 0.1) is 18.9 Å². The number of anilines is 3. The van der Waals surface area contributed by atoms with Crippen LogP contribution in [0.2, 0.25) is 0 Å². The summed E-state index contributed by atoms with van der Waals surface area (Å²) in [6.07, 6.45) is 1.69. The second kappa shape index (κ2) is 6.65. The molecule has 1 aromatic carbocycles. The number of hydrogen-bond acceptors (Lipinski definition) is 5. The Morgan fingerprint density at radius 3 is 2.55 bits per heavy atom. The maximum atomic E-state index is 5.86. The van der Waals surface area contributed by atoms with Crippen molar-refractivity contribution in [2.45, 2.75) is 13.8 Å². The van der Waals surface area contributed by atoms with Gasteiger partial charge in [0.25, 0.3) is 0 Å². The average Bonchev–Trinajstić information content (AvgIpc) is 2.45. The molecule has 106 valence electrons. The Balaban J connectivity index is 2.24. The van der Waals surface area contributed by atoms with Crippen LogP contribution in [0.5, 0.6) is 11.5 Å². The van der Waals surface area contributed by atoms with Gasteiger partial charge in [-0.2, -0.15) is 0 Å². The molecule has 0 saturated heterocycles. The largest absolute Gasteiger partial charge is 0.490 e. The molecule has 2 rings (SSSR count). The molecule has 0 aliphatic carbocycles. The van der Waals surface area contributed by atoms with Crippen LogP contribution >= 0.6 is 0 Å². The van der Waals surface area contributed by atoms with E-state index in [1.165, 1.54) is 0 Å². The maximum absolute atomic E-state index is 5.86. The van der Waals surface area contributed by atoms with Crippen molar-refractivity contribution in [2.75, 3.05) is 24.3 Å². The van der Waals surface area contributed by atoms with Gasteiger partial charge in [0.2, 0.25) is 0 Å². The number of hydrogen-bond donors (Lipinski definition) is 2. The van der Waals surface area contributed by atoms with E-state index in [9.17, 15) is 0 Å². The molecule has 0 atom stereocenters. The smallest absolute Gasteiger partial charge is 0.163 e. The fourth-order valence-corrected chi connectivity index (χ4v) is 1.79. The molecule has 0 spiro atoms. The van der Waals surface area contributed by atoms with Crippen LogP contribution in [0.1, 0.15) is 13.8 Å². The van der Waals surface area contributed by atoms with E-state index in [1.54, 1.807) is 18.3 Å². The minimum atomic E-state index is 0.579. The third-order valence-electron chi connectivity index (χ3n) is 2.65. The average molecular weight is 273 g/mol. The molecule has 5 heteroatoms. The van der Waals surface area contributed by atoms with Crippen molar-refractivity contribution < 1.29 is 9.47 Å². The molecule has 0 radical (unpaired) electrons. The van der Waals surface area contributed by atoms with Crippen LogP contribution in [0.15, 0.2) is 36.5 Å². The lowest BCUT2D eigenvalue weighted by atomic mass is 10.2. The zero-order chi connectivity index (χ0) is 14.4. The molecule has 0 aliphatic rings. The summed E-state index contributed by atoms with van der Waals surface area (Å²) >= 11 is 0. The van der Waals surface area contributed by atoms with Gasteiger partial charge < -0.3 is 20.5 Å². The number of benzene rings is 1. The van der Waals surface area contributed by atoms with Gasteiger partial charge in [-0.25, -0.2) is 4.98 Å². The predicted octanol–water partition coefficient (Wildman–Crippen LogP) is 3.20. The number of nitrogen functional groups attached to an aromatic ring is 1. The zero-order valence-electron chi connectivity index (χ0n) is 11.7. The van der Waals surface area contributed by atoms with Crippen molar-refractivity contribution in [3.8, 4) is 11.5 Å². The molecule has 0 saturated carbocycles. The monoisotopic (exact) mass is 273 g/mol. The first kappa shape index (κ1) is 14.0. The molecule has 0 unspecified atom stereocenters. The van der Waals surface area contributed by atoms with Gasteiger partial charge in [0.15, 0.2) is 17.3 Å². The molecule has 20 heavy (non-hydrogen) atoms. The lowest BCUT2D eigenvalue weighted by Crippen LogP contribution is -2.01. The van der Waals surface area contributed by atoms with Gasteiger partial charge in [-0.1, -0.05) is 0 Å². The van der Waals surface area contributed by atoms with Gasteiger partial charge >= 0.3 is 0 Å². The van der Waals surface area contributed by atoms with Gasteiger partial charge in [-0.05, 0) is 38.1 Å². The number of nitrogens with two attached hydrogens (primary N) is 1. The number of pyridine rings is 1. The standard InChI is InChI=1S/C15H19N3O2/c1-3-19-13-8-7-11(10-14(13)20-4-2)18-15-12(16)6-5-9-17-15/h5-10H,3-4,16H2,1-2H3,(H,17,18). The van der Waals surface area contributed by atoms with Crippen LogP contribution < -0.4 is 20.5 Å². The molecule has 2 aromatic rings. The quantitative estimate of drug-likeness (QED) is 0.845. The molecule has 3 N–H and O–H groups in total. The van der Waals surface area contributed by atoms with Crippen LogP contribution in [-0.2, 0) is 0 Å². The molecular formula is C15H19N3O2. The fraction of sp³-hybridized carbons (Fsp3) is 0.267. The van der Waals surface area contributed by atoms with Crippen molar-refractivity contribution >= 4 is 17.2 Å². The van der Waals surface area contributed by atoms with Crippen molar-refractivity contribution in [2.24, 2.45) is 0 Å². The number of nitrogens with one attached hydrogen (secondary N) is 1. The summed E-state index contributed by atoms with van der Waals surface area (Å²) in [5.74, 6) is 2.06. The van der Waals surface area contributed by atoms with E-state index in [1.807, 2.05) is 32.0 Å². The van der Waals surface area contributed by atoms with Crippen LogP contribution in [0, 0.1) is 0 Å². The summed E-state index contributed by atoms with van der Waals surface area (Å²) in [5, 5.41) is 3.17. The van der Waals surface area contributed by atoms with Gasteiger partial charge in [0.1, 0.15) is 0 Å². The summed E-state index contributed by atoms with van der Waals surface area (Å²) in [4.78, 5) is 4.20. The molecule has 0 fully saturated rings. The number of aromatic nitrogens is 1. The minimum Gasteiger partial charge on any atom is -0.490 e. The molecule has 5 nitrogen and oxygen atoms in total. The molecule has 1 aromatic heterocycles. The lowest BCUT2D eigenvalue weighted by molar-refractivity contribution is 0.288. The second-order valence-electron chi connectivity index (χ2n) is 4.09. The third kappa shape index (κ3) is 3.32. The summed E-state index contributed by atoms with van der Waals surface area (Å²) in [6.45, 7) is 5.05. The van der Waals surface area contributed by atoms with E-state index in [2.05, 4.69) is 10.3 Å². The highest BCUT2D eigenvalue weighted by molar-refractivity contribution is 5.69. The zero-order valence-corrected chi connectivity index (χ0v) is 11.7. The normalized spacial score (nSPS) is 10.1. The summed E-state index contributed by atoms with van der Waals surface area (Å²) in [7, 11) is 0. The van der Waals surface area contributed by atoms with Crippen LogP contribution in [0.25, 0.3) is 0 Å². The van der Waals surface area contributed by atoms with Crippen LogP contribution in [0.3, 0.4) is 0 Å². The Morgan fingerprint density at radius 2 is 1.85 bits per heavy atom. The van der Waals surface area contributed by atoms with Crippen molar-refractivity contribution in [3.63, 3.8) is 0 Å². The molecular weight excluding hydrogens is 254 g/mol. The minimum absolute atomic E-state index is 0.579. The maximum Gasteiger partial charge on any atom is 0.163 e. The highest BCUT2D eigenvalue weighted by Gasteiger charge is 2.07. The Morgan fingerprint density at radius 1 is 1.10 bits per heavy atom. The van der Waals surface area contributed by atoms with Crippen molar-refractivity contribution in [1.29, 1.82) is 0 Å². The van der Waals surface area contributed by atoms with Crippen LogP contribution in [0.4, 0.5) is 17.2 Å². The third-order valence-corrected chi connectivity index (χ3v) is 2.65. The van der Waals surface area contributed by atoms with Gasteiger partial charge in [-0.3, -0.25) is 0 Å². The van der Waals surface area contributed by atoms with E-state index in [0.717, 1.165) is 11.4 Å². The van der Waals surface area contributed by atoms with Crippen LogP contribution in [-0.4, -0.2) is 18.2 Å². The van der Waals surface area contributed by atoms with Gasteiger partial charge in [-0.15, -0.1) is 0 Å². The Labute approximate surface area is 118 Å². The van der Waals surface area contributed by atoms with E-state index in [0.29, 0.717) is 30.5 Å². The van der Waals surface area contributed by atoms with E-state index >= 15 is 0 Å². The number of nitrogens with zero attached hydrogens (tertiary/aromatic N) is 1. The fourth-order valence-electron chi connectivity index (χ4n) is 1.79. The van der Waals surface area contributed by atoms with E-state index in [4.69, 9.17) is 15.2 Å². The highest BCUT2D eigenvalue weighted by Crippen LogP contribution is 2.32. The Bertz CT molecular complexity index is 573.